The summed E-state index contributed by atoms with van der Waals surface area (Å²) >= 11 is 0. The second-order valence-corrected chi connectivity index (χ2v) is 4.34. The van der Waals surface area contributed by atoms with Gasteiger partial charge in [0.05, 0.1) is 12.5 Å². The highest BCUT2D eigenvalue weighted by Gasteiger charge is 2.14. The predicted octanol–water partition coefficient (Wildman–Crippen LogP) is 2.67. The first-order valence-corrected chi connectivity index (χ1v) is 6.56. The molecule has 0 aliphatic carbocycles. The van der Waals surface area contributed by atoms with E-state index < -0.39 is 24.1 Å². The van der Waals surface area contributed by atoms with Crippen molar-refractivity contribution in [3.8, 4) is 11.8 Å². The van der Waals surface area contributed by atoms with E-state index in [9.17, 15) is 9.59 Å². The summed E-state index contributed by atoms with van der Waals surface area (Å²) in [5.41, 5.74) is 0. The van der Waals surface area contributed by atoms with Gasteiger partial charge in [-0.25, -0.2) is 9.59 Å². The molecule has 0 spiro atoms. The van der Waals surface area contributed by atoms with E-state index in [1.165, 1.54) is 24.7 Å². The summed E-state index contributed by atoms with van der Waals surface area (Å²) in [5.74, 6) is 4.36. The first-order chi connectivity index (χ1) is 10.6. The lowest BCUT2D eigenvalue weighted by Gasteiger charge is -2.07. The summed E-state index contributed by atoms with van der Waals surface area (Å²) < 4.78 is 19.9. The van der Waals surface area contributed by atoms with Crippen molar-refractivity contribution in [3.63, 3.8) is 0 Å². The van der Waals surface area contributed by atoms with E-state index in [1.54, 1.807) is 26.0 Å². The lowest BCUT2D eigenvalue weighted by molar-refractivity contribution is 0.0377. The zero-order chi connectivity index (χ0) is 15.9. The molecule has 0 bridgehead atoms. The predicted molar refractivity (Wildman–Crippen MR) is 74.9 cm³/mol. The van der Waals surface area contributed by atoms with Crippen molar-refractivity contribution < 1.29 is 27.9 Å². The molecule has 114 valence electrons. The van der Waals surface area contributed by atoms with Crippen LogP contribution < -0.4 is 0 Å². The van der Waals surface area contributed by atoms with Crippen molar-refractivity contribution in [2.24, 2.45) is 0 Å². The number of carbonyl (C=O) groups is 2. The van der Waals surface area contributed by atoms with Crippen molar-refractivity contribution in [1.29, 1.82) is 0 Å². The molecule has 2 rings (SSSR count). The molecule has 0 fully saturated rings. The van der Waals surface area contributed by atoms with E-state index >= 15 is 0 Å². The maximum atomic E-state index is 11.6. The Morgan fingerprint density at radius 2 is 1.32 bits per heavy atom. The van der Waals surface area contributed by atoms with Gasteiger partial charge in [0.25, 0.3) is 0 Å². The van der Waals surface area contributed by atoms with E-state index in [0.29, 0.717) is 0 Å². The molecule has 0 aliphatic rings. The third-order valence-corrected chi connectivity index (χ3v) is 2.50. The average molecular weight is 302 g/mol. The molecular weight excluding hydrogens is 288 g/mol. The minimum absolute atomic E-state index is 0.103. The number of ether oxygens (including phenoxy) is 2. The average Bonchev–Trinajstić information content (AvgIpc) is 3.17. The maximum absolute atomic E-state index is 11.6. The number of hydrogen-bond acceptors (Lipinski definition) is 6. The molecule has 0 aromatic carbocycles. The third kappa shape index (κ3) is 4.28. The first-order valence-electron chi connectivity index (χ1n) is 6.56. The molecule has 6 nitrogen and oxygen atoms in total. The van der Waals surface area contributed by atoms with E-state index in [-0.39, 0.29) is 11.5 Å². The largest absolute Gasteiger partial charge is 0.457 e. The van der Waals surface area contributed by atoms with Crippen LogP contribution >= 0.6 is 0 Å². The lowest BCUT2D eigenvalue weighted by atomic mass is 10.3. The SMILES string of the molecule is CC(C#C[C@H](C)OC(=O)c1ccco1)OC(=O)c1ccco1. The minimum Gasteiger partial charge on any atom is -0.457 e. The Morgan fingerprint density at radius 3 is 1.64 bits per heavy atom. The van der Waals surface area contributed by atoms with Crippen LogP contribution in [0.5, 0.6) is 0 Å². The normalized spacial score (nSPS) is 12.6. The summed E-state index contributed by atoms with van der Waals surface area (Å²) in [6.45, 7) is 3.21. The van der Waals surface area contributed by atoms with E-state index in [1.807, 2.05) is 0 Å². The van der Waals surface area contributed by atoms with Crippen molar-refractivity contribution in [2.45, 2.75) is 26.1 Å². The van der Waals surface area contributed by atoms with Crippen LogP contribution in [0.4, 0.5) is 0 Å². The highest BCUT2D eigenvalue weighted by Crippen LogP contribution is 2.06. The second kappa shape index (κ2) is 7.18. The van der Waals surface area contributed by atoms with Gasteiger partial charge in [-0.2, -0.15) is 0 Å². The van der Waals surface area contributed by atoms with Crippen molar-refractivity contribution in [2.75, 3.05) is 0 Å². The number of hydrogen-bond donors (Lipinski definition) is 0. The highest BCUT2D eigenvalue weighted by molar-refractivity contribution is 5.87. The Bertz CT molecular complexity index is 614. The minimum atomic E-state index is -0.664. The molecule has 0 saturated carbocycles. The highest BCUT2D eigenvalue weighted by atomic mass is 16.6. The molecule has 22 heavy (non-hydrogen) atoms. The standard InChI is InChI=1S/C16H14O6/c1-11(21-15(17)13-5-3-9-19-13)7-8-12(2)22-16(18)14-6-4-10-20-14/h3-6,9-12H,1-2H3/t11-,12?/m0/s1. The van der Waals surface area contributed by atoms with Crippen LogP contribution in [0.25, 0.3) is 0 Å². The Hall–Kier alpha value is -2.94. The van der Waals surface area contributed by atoms with Crippen LogP contribution in [-0.4, -0.2) is 24.1 Å². The van der Waals surface area contributed by atoms with Gasteiger partial charge in [0, 0.05) is 0 Å². The monoisotopic (exact) mass is 302 g/mol. The number of esters is 2. The molecule has 0 amide bonds. The van der Waals surface area contributed by atoms with Crippen LogP contribution in [-0.2, 0) is 9.47 Å². The Morgan fingerprint density at radius 1 is 0.909 bits per heavy atom. The number of carbonyl (C=O) groups excluding carboxylic acids is 2. The Kier molecular flexibility index (Phi) is 5.04. The molecule has 2 aromatic rings. The molecule has 0 radical (unpaired) electrons. The number of furan rings is 2. The maximum Gasteiger partial charge on any atom is 0.375 e. The molecule has 0 N–H and O–H groups in total. The number of rotatable bonds is 4. The fourth-order valence-corrected chi connectivity index (χ4v) is 1.52. The van der Waals surface area contributed by atoms with Crippen LogP contribution in [0, 0.1) is 11.8 Å². The molecule has 6 heteroatoms. The molecule has 2 atom stereocenters. The fourth-order valence-electron chi connectivity index (χ4n) is 1.52. The lowest BCUT2D eigenvalue weighted by Crippen LogP contribution is -2.15. The van der Waals surface area contributed by atoms with Crippen LogP contribution in [0.15, 0.2) is 45.6 Å². The molecule has 0 aliphatic heterocycles. The van der Waals surface area contributed by atoms with Gasteiger partial charge < -0.3 is 18.3 Å². The van der Waals surface area contributed by atoms with Gasteiger partial charge in [-0.3, -0.25) is 0 Å². The topological polar surface area (TPSA) is 78.9 Å². The molecule has 2 aromatic heterocycles. The van der Waals surface area contributed by atoms with Gasteiger partial charge in [-0.15, -0.1) is 0 Å². The van der Waals surface area contributed by atoms with Crippen LogP contribution in [0.3, 0.4) is 0 Å². The van der Waals surface area contributed by atoms with Crippen molar-refractivity contribution >= 4 is 11.9 Å². The molecule has 0 saturated heterocycles. The van der Waals surface area contributed by atoms with Gasteiger partial charge in [0.1, 0.15) is 0 Å². The van der Waals surface area contributed by atoms with Crippen LogP contribution in [0.2, 0.25) is 0 Å². The van der Waals surface area contributed by atoms with Gasteiger partial charge in [-0.1, -0.05) is 11.8 Å². The zero-order valence-electron chi connectivity index (χ0n) is 12.1. The third-order valence-electron chi connectivity index (χ3n) is 2.50. The van der Waals surface area contributed by atoms with E-state index in [4.69, 9.17) is 18.3 Å². The molecule has 2 heterocycles. The fraction of sp³-hybridized carbons (Fsp3) is 0.250. The summed E-state index contributed by atoms with van der Waals surface area (Å²) in [6.07, 6.45) is 1.43. The summed E-state index contributed by atoms with van der Waals surface area (Å²) in [7, 11) is 0. The van der Waals surface area contributed by atoms with E-state index in [2.05, 4.69) is 11.8 Å². The molecule has 1 unspecified atom stereocenters. The summed E-state index contributed by atoms with van der Waals surface area (Å²) in [4.78, 5) is 23.2. The van der Waals surface area contributed by atoms with Gasteiger partial charge in [-0.05, 0) is 38.1 Å². The zero-order valence-corrected chi connectivity index (χ0v) is 12.1. The van der Waals surface area contributed by atoms with Crippen molar-refractivity contribution in [3.05, 3.63) is 48.3 Å². The smallest absolute Gasteiger partial charge is 0.375 e. The van der Waals surface area contributed by atoms with E-state index in [0.717, 1.165) is 0 Å². The first kappa shape index (κ1) is 15.4. The summed E-state index contributed by atoms with van der Waals surface area (Å²) in [6, 6.07) is 6.17. The van der Waals surface area contributed by atoms with Gasteiger partial charge in [0.2, 0.25) is 11.5 Å². The summed E-state index contributed by atoms with van der Waals surface area (Å²) in [5, 5.41) is 0. The quantitative estimate of drug-likeness (QED) is 0.638. The van der Waals surface area contributed by atoms with Crippen LogP contribution in [0.1, 0.15) is 35.0 Å². The Balaban J connectivity index is 1.83. The Labute approximate surface area is 127 Å². The molecular formula is C16H14O6. The van der Waals surface area contributed by atoms with Gasteiger partial charge >= 0.3 is 11.9 Å². The van der Waals surface area contributed by atoms with Crippen molar-refractivity contribution in [1.82, 2.24) is 0 Å². The van der Waals surface area contributed by atoms with Gasteiger partial charge in [0.15, 0.2) is 12.2 Å². The second-order valence-electron chi connectivity index (χ2n) is 4.34.